The second kappa shape index (κ2) is 2.48. The Bertz CT molecular complexity index is 160. The van der Waals surface area contributed by atoms with Crippen molar-refractivity contribution in [1.29, 1.82) is 0 Å². The SMILES string of the molecule is C=CC1=C(C)N(C)CS1. The number of allylic oxidation sites excluding steroid dienone is 2. The number of hydrogen-bond acceptors (Lipinski definition) is 2. The van der Waals surface area contributed by atoms with Gasteiger partial charge in [-0.15, -0.1) is 11.8 Å². The molecule has 0 bridgehead atoms. The van der Waals surface area contributed by atoms with Crippen LogP contribution in [0.15, 0.2) is 23.3 Å². The Morgan fingerprint density at radius 1 is 1.78 bits per heavy atom. The lowest BCUT2D eigenvalue weighted by molar-refractivity contribution is 0.503. The van der Waals surface area contributed by atoms with Crippen LogP contribution >= 0.6 is 11.8 Å². The van der Waals surface area contributed by atoms with Crippen LogP contribution < -0.4 is 0 Å². The first-order valence-corrected chi connectivity index (χ1v) is 3.91. The van der Waals surface area contributed by atoms with E-state index in [9.17, 15) is 0 Å². The van der Waals surface area contributed by atoms with Gasteiger partial charge in [0.25, 0.3) is 0 Å². The smallest absolute Gasteiger partial charge is 0.0680 e. The van der Waals surface area contributed by atoms with Gasteiger partial charge in [-0.1, -0.05) is 12.7 Å². The molecule has 0 unspecified atom stereocenters. The maximum Gasteiger partial charge on any atom is 0.0680 e. The molecule has 0 spiro atoms. The van der Waals surface area contributed by atoms with Gasteiger partial charge in [-0.05, 0) is 6.92 Å². The molecule has 0 fully saturated rings. The lowest BCUT2D eigenvalue weighted by Crippen LogP contribution is -2.09. The molecule has 0 N–H and O–H groups in total. The summed E-state index contributed by atoms with van der Waals surface area (Å²) in [6.07, 6.45) is 1.92. The lowest BCUT2D eigenvalue weighted by Gasteiger charge is -2.09. The molecule has 1 rings (SSSR count). The van der Waals surface area contributed by atoms with Gasteiger partial charge in [0.2, 0.25) is 0 Å². The Labute approximate surface area is 60.4 Å². The zero-order valence-electron chi connectivity index (χ0n) is 5.85. The monoisotopic (exact) mass is 141 g/mol. The van der Waals surface area contributed by atoms with Gasteiger partial charge < -0.3 is 4.90 Å². The maximum absolute atomic E-state index is 3.72. The van der Waals surface area contributed by atoms with Crippen LogP contribution in [0.25, 0.3) is 0 Å². The van der Waals surface area contributed by atoms with Gasteiger partial charge in [0.15, 0.2) is 0 Å². The lowest BCUT2D eigenvalue weighted by atomic mass is 10.4. The molecule has 1 aliphatic heterocycles. The van der Waals surface area contributed by atoms with Crippen molar-refractivity contribution in [3.63, 3.8) is 0 Å². The van der Waals surface area contributed by atoms with E-state index in [1.54, 1.807) is 0 Å². The molecule has 0 radical (unpaired) electrons. The van der Waals surface area contributed by atoms with Crippen LogP contribution in [0.2, 0.25) is 0 Å². The minimum atomic E-state index is 1.08. The van der Waals surface area contributed by atoms with E-state index >= 15 is 0 Å². The second-order valence-corrected chi connectivity index (χ2v) is 3.11. The van der Waals surface area contributed by atoms with Crippen molar-refractivity contribution in [3.8, 4) is 0 Å². The summed E-state index contributed by atoms with van der Waals surface area (Å²) >= 11 is 1.85. The van der Waals surface area contributed by atoms with Crippen LogP contribution in [0.1, 0.15) is 6.92 Å². The highest BCUT2D eigenvalue weighted by molar-refractivity contribution is 8.03. The molecule has 0 aromatic carbocycles. The summed E-state index contributed by atoms with van der Waals surface area (Å²) in [7, 11) is 2.10. The third-order valence-corrected chi connectivity index (χ3v) is 2.82. The van der Waals surface area contributed by atoms with Crippen molar-refractivity contribution in [2.45, 2.75) is 6.92 Å². The van der Waals surface area contributed by atoms with Gasteiger partial charge in [0.1, 0.15) is 0 Å². The van der Waals surface area contributed by atoms with Gasteiger partial charge in [-0.3, -0.25) is 0 Å². The van der Waals surface area contributed by atoms with Crippen molar-refractivity contribution in [1.82, 2.24) is 4.90 Å². The highest BCUT2D eigenvalue weighted by Crippen LogP contribution is 2.30. The van der Waals surface area contributed by atoms with Gasteiger partial charge in [-0.25, -0.2) is 0 Å². The molecule has 1 nitrogen and oxygen atoms in total. The second-order valence-electron chi connectivity index (χ2n) is 2.13. The first kappa shape index (κ1) is 6.75. The minimum Gasteiger partial charge on any atom is -0.368 e. The summed E-state index contributed by atoms with van der Waals surface area (Å²) in [6.45, 7) is 5.84. The first-order chi connectivity index (χ1) is 4.25. The fourth-order valence-electron chi connectivity index (χ4n) is 0.762. The Kier molecular flexibility index (Phi) is 1.86. The van der Waals surface area contributed by atoms with Gasteiger partial charge in [0, 0.05) is 17.6 Å². The fraction of sp³-hybridized carbons (Fsp3) is 0.429. The Hall–Kier alpha value is -0.370. The van der Waals surface area contributed by atoms with Crippen LogP contribution in [0.3, 0.4) is 0 Å². The molecule has 50 valence electrons. The zero-order chi connectivity index (χ0) is 6.85. The molecule has 1 heterocycles. The molecule has 0 amide bonds. The fourth-order valence-corrected chi connectivity index (χ4v) is 1.77. The maximum atomic E-state index is 3.72. The van der Waals surface area contributed by atoms with E-state index in [2.05, 4.69) is 25.5 Å². The summed E-state index contributed by atoms with van der Waals surface area (Å²) in [5, 5.41) is 0. The van der Waals surface area contributed by atoms with E-state index in [1.165, 1.54) is 10.6 Å². The molecule has 0 saturated carbocycles. The van der Waals surface area contributed by atoms with E-state index < -0.39 is 0 Å². The summed E-state index contributed by atoms with van der Waals surface area (Å²) in [5.74, 6) is 1.08. The summed E-state index contributed by atoms with van der Waals surface area (Å²) in [6, 6.07) is 0. The van der Waals surface area contributed by atoms with Crippen LogP contribution in [0.4, 0.5) is 0 Å². The molecular weight excluding hydrogens is 130 g/mol. The quantitative estimate of drug-likeness (QED) is 0.549. The summed E-state index contributed by atoms with van der Waals surface area (Å²) in [5.41, 5.74) is 1.34. The molecule has 0 aliphatic carbocycles. The molecule has 9 heavy (non-hydrogen) atoms. The predicted octanol–water partition coefficient (Wildman–Crippen LogP) is 2.04. The number of nitrogens with zero attached hydrogens (tertiary/aromatic N) is 1. The number of thioether (sulfide) groups is 1. The van der Waals surface area contributed by atoms with Gasteiger partial charge in [-0.2, -0.15) is 0 Å². The van der Waals surface area contributed by atoms with Crippen LogP contribution in [-0.4, -0.2) is 17.8 Å². The number of hydrogen-bond donors (Lipinski definition) is 0. The van der Waals surface area contributed by atoms with Crippen molar-refractivity contribution in [3.05, 3.63) is 23.3 Å². The van der Waals surface area contributed by atoms with Crippen molar-refractivity contribution in [2.75, 3.05) is 12.9 Å². The highest BCUT2D eigenvalue weighted by Gasteiger charge is 2.12. The third-order valence-electron chi connectivity index (χ3n) is 1.53. The van der Waals surface area contributed by atoms with E-state index in [0.29, 0.717) is 0 Å². The predicted molar refractivity (Wildman–Crippen MR) is 43.1 cm³/mol. The average molecular weight is 141 g/mol. The molecule has 1 aliphatic rings. The topological polar surface area (TPSA) is 3.24 Å². The summed E-state index contributed by atoms with van der Waals surface area (Å²) < 4.78 is 0. The first-order valence-electron chi connectivity index (χ1n) is 2.93. The van der Waals surface area contributed by atoms with Crippen LogP contribution in [0, 0.1) is 0 Å². The largest absolute Gasteiger partial charge is 0.368 e. The Morgan fingerprint density at radius 2 is 2.44 bits per heavy atom. The summed E-state index contributed by atoms with van der Waals surface area (Å²) in [4.78, 5) is 3.54. The average Bonchev–Trinajstić information content (AvgIpc) is 2.15. The van der Waals surface area contributed by atoms with E-state index in [1.807, 2.05) is 17.8 Å². The molecule has 0 saturated heterocycles. The minimum absolute atomic E-state index is 1.08. The normalized spacial score (nSPS) is 19.1. The zero-order valence-corrected chi connectivity index (χ0v) is 6.66. The van der Waals surface area contributed by atoms with Crippen molar-refractivity contribution >= 4 is 11.8 Å². The van der Waals surface area contributed by atoms with E-state index in [0.717, 1.165) is 5.88 Å². The standard InChI is InChI=1S/C7H11NS/c1-4-7-6(2)8(3)5-9-7/h4H,1,5H2,2-3H3. The molecule has 2 heteroatoms. The molecule has 0 aromatic rings. The molecular formula is C7H11NS. The van der Waals surface area contributed by atoms with Crippen LogP contribution in [0.5, 0.6) is 0 Å². The van der Waals surface area contributed by atoms with Crippen molar-refractivity contribution < 1.29 is 0 Å². The molecule has 0 aromatic heterocycles. The van der Waals surface area contributed by atoms with Crippen LogP contribution in [-0.2, 0) is 0 Å². The Morgan fingerprint density at radius 3 is 2.67 bits per heavy atom. The van der Waals surface area contributed by atoms with Crippen molar-refractivity contribution in [2.24, 2.45) is 0 Å². The van der Waals surface area contributed by atoms with Gasteiger partial charge >= 0.3 is 0 Å². The number of rotatable bonds is 1. The van der Waals surface area contributed by atoms with E-state index in [-0.39, 0.29) is 0 Å². The third kappa shape index (κ3) is 1.13. The molecule has 0 atom stereocenters. The van der Waals surface area contributed by atoms with E-state index in [4.69, 9.17) is 0 Å². The Balaban J connectivity index is 2.79. The highest BCUT2D eigenvalue weighted by atomic mass is 32.2. The van der Waals surface area contributed by atoms with Gasteiger partial charge in [0.05, 0.1) is 5.88 Å².